The van der Waals surface area contributed by atoms with Gasteiger partial charge in [-0.1, -0.05) is 30.3 Å². The van der Waals surface area contributed by atoms with Crippen LogP contribution >= 0.6 is 0 Å². The van der Waals surface area contributed by atoms with E-state index in [4.69, 9.17) is 5.11 Å². The van der Waals surface area contributed by atoms with Gasteiger partial charge in [0.2, 0.25) is 0 Å². The summed E-state index contributed by atoms with van der Waals surface area (Å²) in [5.41, 5.74) is 0.579. The van der Waals surface area contributed by atoms with E-state index in [1.165, 1.54) is 6.07 Å². The topological polar surface area (TPSA) is 54.4 Å². The van der Waals surface area contributed by atoms with Crippen molar-refractivity contribution in [1.82, 2.24) is 0 Å². The molecule has 0 radical (unpaired) electrons. The molecule has 1 N–H and O–H groups in total. The van der Waals surface area contributed by atoms with Crippen LogP contribution in [0.1, 0.15) is 15.9 Å². The predicted molar refractivity (Wildman–Crippen MR) is 69.9 cm³/mol. The maximum Gasteiger partial charge on any atom is 0.337 e. The van der Waals surface area contributed by atoms with E-state index in [1.807, 2.05) is 30.3 Å². The number of benzene rings is 2. The fraction of sp³-hybridized carbons (Fsp3) is 0.0714. The van der Waals surface area contributed by atoms with Crippen LogP contribution in [0.5, 0.6) is 0 Å². The Hall–Kier alpha value is -2.01. The minimum absolute atomic E-state index is 0.137. The average Bonchev–Trinajstić information content (AvgIpc) is 2.39. The number of hydrogen-bond donors (Lipinski definition) is 1. The van der Waals surface area contributed by atoms with Crippen LogP contribution in [-0.2, 0) is 16.6 Å². The van der Waals surface area contributed by atoms with Crippen molar-refractivity contribution in [3.8, 4) is 0 Å². The van der Waals surface area contributed by atoms with Crippen LogP contribution in [0.25, 0.3) is 0 Å². The van der Waals surface area contributed by atoms with E-state index in [1.54, 1.807) is 0 Å². The van der Waals surface area contributed by atoms with Crippen molar-refractivity contribution in [1.29, 1.82) is 0 Å². The van der Waals surface area contributed by atoms with E-state index in [2.05, 4.69) is 0 Å². The zero-order chi connectivity index (χ0) is 13.8. The van der Waals surface area contributed by atoms with Crippen molar-refractivity contribution >= 4 is 16.8 Å². The summed E-state index contributed by atoms with van der Waals surface area (Å²) in [5.74, 6) is -1.74. The molecule has 0 saturated carbocycles. The SMILES string of the molecule is O=C(O)c1cc(F)ccc1S(=O)Cc1ccccc1. The molecule has 3 nitrogen and oxygen atoms in total. The molecule has 0 aliphatic carbocycles. The Balaban J connectivity index is 2.31. The van der Waals surface area contributed by atoms with Gasteiger partial charge in [-0.2, -0.15) is 0 Å². The molecule has 1 unspecified atom stereocenters. The first-order valence-corrected chi connectivity index (χ1v) is 6.85. The molecule has 0 bridgehead atoms. The molecule has 5 heteroatoms. The van der Waals surface area contributed by atoms with Crippen LogP contribution in [-0.4, -0.2) is 15.3 Å². The van der Waals surface area contributed by atoms with Crippen LogP contribution in [0, 0.1) is 5.82 Å². The van der Waals surface area contributed by atoms with Crippen molar-refractivity contribution in [3.63, 3.8) is 0 Å². The van der Waals surface area contributed by atoms with Gasteiger partial charge in [0, 0.05) is 0 Å². The summed E-state index contributed by atoms with van der Waals surface area (Å²) >= 11 is 0. The maximum atomic E-state index is 13.0. The minimum Gasteiger partial charge on any atom is -0.478 e. The molecular formula is C14H11FO3S. The minimum atomic E-state index is -1.52. The Kier molecular flexibility index (Phi) is 4.06. The zero-order valence-corrected chi connectivity index (χ0v) is 10.7. The molecule has 2 aromatic rings. The highest BCUT2D eigenvalue weighted by Crippen LogP contribution is 2.18. The van der Waals surface area contributed by atoms with Gasteiger partial charge in [-0.3, -0.25) is 4.21 Å². The maximum absolute atomic E-state index is 13.0. The summed E-state index contributed by atoms with van der Waals surface area (Å²) in [5, 5.41) is 9.00. The summed E-state index contributed by atoms with van der Waals surface area (Å²) in [7, 11) is -1.52. The van der Waals surface area contributed by atoms with Crippen molar-refractivity contribution in [2.45, 2.75) is 10.6 Å². The predicted octanol–water partition coefficient (Wildman–Crippen LogP) is 2.83. The highest BCUT2D eigenvalue weighted by molar-refractivity contribution is 7.84. The Morgan fingerprint density at radius 3 is 2.47 bits per heavy atom. The first kappa shape index (κ1) is 13.4. The number of aromatic carboxylic acids is 1. The smallest absolute Gasteiger partial charge is 0.337 e. The van der Waals surface area contributed by atoms with E-state index >= 15 is 0 Å². The van der Waals surface area contributed by atoms with Crippen molar-refractivity contribution < 1.29 is 18.5 Å². The molecule has 0 amide bonds. The van der Waals surface area contributed by atoms with Crippen molar-refractivity contribution in [2.24, 2.45) is 0 Å². The van der Waals surface area contributed by atoms with Gasteiger partial charge in [-0.15, -0.1) is 0 Å². The lowest BCUT2D eigenvalue weighted by Gasteiger charge is -2.06. The second-order valence-corrected chi connectivity index (χ2v) is 5.34. The number of hydrogen-bond acceptors (Lipinski definition) is 2. The monoisotopic (exact) mass is 278 g/mol. The van der Waals surface area contributed by atoms with Gasteiger partial charge in [-0.25, -0.2) is 9.18 Å². The molecule has 0 aliphatic rings. The molecule has 0 saturated heterocycles. The third-order valence-corrected chi connectivity index (χ3v) is 4.00. The highest BCUT2D eigenvalue weighted by Gasteiger charge is 2.16. The molecule has 0 spiro atoms. The van der Waals surface area contributed by atoms with Gasteiger partial charge >= 0.3 is 5.97 Å². The van der Waals surface area contributed by atoms with Crippen LogP contribution in [0.3, 0.4) is 0 Å². The van der Waals surface area contributed by atoms with Crippen LogP contribution < -0.4 is 0 Å². The van der Waals surface area contributed by atoms with Crippen LogP contribution in [0.4, 0.5) is 4.39 Å². The van der Waals surface area contributed by atoms with Crippen LogP contribution in [0.15, 0.2) is 53.4 Å². The van der Waals surface area contributed by atoms with Gasteiger partial charge in [0.15, 0.2) is 0 Å². The van der Waals surface area contributed by atoms with E-state index < -0.39 is 22.6 Å². The highest BCUT2D eigenvalue weighted by atomic mass is 32.2. The molecule has 2 rings (SSSR count). The molecule has 0 aromatic heterocycles. The summed E-state index contributed by atoms with van der Waals surface area (Å²) in [6.07, 6.45) is 0. The third kappa shape index (κ3) is 3.26. The average molecular weight is 278 g/mol. The van der Waals surface area contributed by atoms with E-state index in [0.29, 0.717) is 0 Å². The first-order valence-electron chi connectivity index (χ1n) is 5.53. The zero-order valence-electron chi connectivity index (χ0n) is 9.88. The Morgan fingerprint density at radius 1 is 1.16 bits per heavy atom. The largest absolute Gasteiger partial charge is 0.478 e. The molecule has 0 fully saturated rings. The van der Waals surface area contributed by atoms with Gasteiger partial charge in [0.05, 0.1) is 27.0 Å². The summed E-state index contributed by atoms with van der Waals surface area (Å²) in [6, 6.07) is 12.4. The summed E-state index contributed by atoms with van der Waals surface area (Å²) < 4.78 is 25.2. The summed E-state index contributed by atoms with van der Waals surface area (Å²) in [6.45, 7) is 0. The lowest BCUT2D eigenvalue weighted by atomic mass is 10.2. The fourth-order valence-electron chi connectivity index (χ4n) is 1.67. The van der Waals surface area contributed by atoms with Crippen molar-refractivity contribution in [3.05, 3.63) is 65.5 Å². The van der Waals surface area contributed by atoms with Gasteiger partial charge < -0.3 is 5.11 Å². The van der Waals surface area contributed by atoms with Gasteiger partial charge in [0.1, 0.15) is 5.82 Å². The van der Waals surface area contributed by atoms with Crippen LogP contribution in [0.2, 0.25) is 0 Å². The molecule has 2 aromatic carbocycles. The number of halogens is 1. The summed E-state index contributed by atoms with van der Waals surface area (Å²) in [4.78, 5) is 11.2. The number of carboxylic acids is 1. The Labute approximate surface area is 112 Å². The second kappa shape index (κ2) is 5.75. The lowest BCUT2D eigenvalue weighted by molar-refractivity contribution is 0.0692. The molecule has 98 valence electrons. The standard InChI is InChI=1S/C14H11FO3S/c15-11-6-7-13(12(8-11)14(16)17)19(18)9-10-4-2-1-3-5-10/h1-8H,9H2,(H,16,17). The van der Waals surface area contributed by atoms with Gasteiger partial charge in [0.25, 0.3) is 0 Å². The van der Waals surface area contributed by atoms with E-state index in [-0.39, 0.29) is 16.2 Å². The normalized spacial score (nSPS) is 12.1. The molecule has 1 atom stereocenters. The molecule has 0 aliphatic heterocycles. The molecular weight excluding hydrogens is 267 g/mol. The number of carboxylic acid groups (broad SMARTS) is 1. The fourth-order valence-corrected chi connectivity index (χ4v) is 2.93. The molecule has 19 heavy (non-hydrogen) atoms. The van der Waals surface area contributed by atoms with Gasteiger partial charge in [-0.05, 0) is 23.8 Å². The van der Waals surface area contributed by atoms with Crippen molar-refractivity contribution in [2.75, 3.05) is 0 Å². The lowest BCUT2D eigenvalue weighted by Crippen LogP contribution is -2.06. The van der Waals surface area contributed by atoms with E-state index in [9.17, 15) is 13.4 Å². The quantitative estimate of drug-likeness (QED) is 0.935. The first-order chi connectivity index (χ1) is 9.08. The number of rotatable bonds is 4. The Bertz CT molecular complexity index is 626. The Morgan fingerprint density at radius 2 is 1.84 bits per heavy atom. The second-order valence-electron chi connectivity index (χ2n) is 3.92. The third-order valence-electron chi connectivity index (χ3n) is 2.56. The van der Waals surface area contributed by atoms with E-state index in [0.717, 1.165) is 17.7 Å². The number of carbonyl (C=O) groups is 1. The molecule has 0 heterocycles.